The van der Waals surface area contributed by atoms with Gasteiger partial charge in [-0.2, -0.15) is 10.1 Å². The van der Waals surface area contributed by atoms with Crippen molar-refractivity contribution in [1.29, 1.82) is 0 Å². The van der Waals surface area contributed by atoms with E-state index in [1.807, 2.05) is 4.68 Å². The smallest absolute Gasteiger partial charge is 0.228 e. The minimum atomic E-state index is 0. The van der Waals surface area contributed by atoms with Gasteiger partial charge in [0.05, 0.1) is 13.1 Å². The Kier molecular flexibility index (Phi) is 8.84. The number of aryl methyl sites for hydroxylation is 1. The van der Waals surface area contributed by atoms with Gasteiger partial charge in [-0.3, -0.25) is 4.99 Å². The summed E-state index contributed by atoms with van der Waals surface area (Å²) < 4.78 is 7.32. The SMILES string of the molecule is CCNC(=NCCc1nc(C(C)C)no1)NC1CCc2nc(C(C)C)nn2C1.I. The van der Waals surface area contributed by atoms with Crippen LogP contribution in [-0.2, 0) is 19.4 Å². The van der Waals surface area contributed by atoms with Crippen molar-refractivity contribution in [3.8, 4) is 0 Å². The van der Waals surface area contributed by atoms with E-state index < -0.39 is 0 Å². The first kappa shape index (κ1) is 23.6. The minimum absolute atomic E-state index is 0. The van der Waals surface area contributed by atoms with Crippen molar-refractivity contribution in [2.24, 2.45) is 4.99 Å². The fraction of sp³-hybridized carbons (Fsp3) is 0.737. The van der Waals surface area contributed by atoms with Gasteiger partial charge in [0, 0.05) is 37.3 Å². The van der Waals surface area contributed by atoms with Crippen LogP contribution in [0.25, 0.3) is 0 Å². The number of halogens is 1. The second-order valence-corrected chi connectivity index (χ2v) is 7.81. The van der Waals surface area contributed by atoms with Gasteiger partial charge in [0.15, 0.2) is 17.6 Å². The lowest BCUT2D eigenvalue weighted by atomic mass is 10.1. The van der Waals surface area contributed by atoms with Crippen molar-refractivity contribution in [2.75, 3.05) is 13.1 Å². The first-order chi connectivity index (χ1) is 13.5. The average molecular weight is 516 g/mol. The maximum atomic E-state index is 5.29. The van der Waals surface area contributed by atoms with E-state index in [4.69, 9.17) is 4.52 Å². The summed E-state index contributed by atoms with van der Waals surface area (Å²) in [6.45, 7) is 12.6. The molecule has 2 aromatic heterocycles. The molecule has 0 fully saturated rings. The molecule has 0 saturated carbocycles. The molecule has 0 spiro atoms. The van der Waals surface area contributed by atoms with E-state index in [0.29, 0.717) is 24.8 Å². The zero-order chi connectivity index (χ0) is 20.1. The van der Waals surface area contributed by atoms with Crippen molar-refractivity contribution in [1.82, 2.24) is 35.5 Å². The summed E-state index contributed by atoms with van der Waals surface area (Å²) in [5.74, 6) is 4.82. The Balaban J connectivity index is 0.00000300. The van der Waals surface area contributed by atoms with Gasteiger partial charge >= 0.3 is 0 Å². The fourth-order valence-electron chi connectivity index (χ4n) is 3.07. The molecule has 2 N–H and O–H groups in total. The molecule has 0 radical (unpaired) electrons. The molecule has 162 valence electrons. The second kappa shape index (κ2) is 10.9. The summed E-state index contributed by atoms with van der Waals surface area (Å²) in [5, 5.41) is 15.5. The maximum Gasteiger partial charge on any atom is 0.228 e. The van der Waals surface area contributed by atoms with Gasteiger partial charge in [-0.25, -0.2) is 9.67 Å². The minimum Gasteiger partial charge on any atom is -0.357 e. The molecule has 1 atom stereocenters. The molecule has 0 amide bonds. The molecule has 0 aromatic carbocycles. The van der Waals surface area contributed by atoms with Gasteiger partial charge in [-0.1, -0.05) is 32.9 Å². The number of aromatic nitrogens is 5. The van der Waals surface area contributed by atoms with Gasteiger partial charge < -0.3 is 15.2 Å². The number of rotatable bonds is 7. The Hall–Kier alpha value is -1.72. The zero-order valence-electron chi connectivity index (χ0n) is 18.0. The molecule has 2 aromatic rings. The molecule has 9 nitrogen and oxygen atoms in total. The number of nitrogens with zero attached hydrogens (tertiary/aromatic N) is 6. The molecule has 1 unspecified atom stereocenters. The van der Waals surface area contributed by atoms with E-state index in [0.717, 1.165) is 49.4 Å². The van der Waals surface area contributed by atoms with Gasteiger partial charge in [-0.15, -0.1) is 24.0 Å². The van der Waals surface area contributed by atoms with Crippen molar-refractivity contribution < 1.29 is 4.52 Å². The normalized spacial score (nSPS) is 16.7. The van der Waals surface area contributed by atoms with Crippen LogP contribution in [0.3, 0.4) is 0 Å². The first-order valence-corrected chi connectivity index (χ1v) is 10.3. The summed E-state index contributed by atoms with van der Waals surface area (Å²) in [6.07, 6.45) is 2.57. The molecule has 1 aliphatic rings. The van der Waals surface area contributed by atoms with Crippen LogP contribution < -0.4 is 10.6 Å². The predicted molar refractivity (Wildman–Crippen MR) is 123 cm³/mol. The number of aliphatic imine (C=N–C) groups is 1. The van der Waals surface area contributed by atoms with E-state index in [9.17, 15) is 0 Å². The third-order valence-corrected chi connectivity index (χ3v) is 4.67. The Morgan fingerprint density at radius 1 is 1.21 bits per heavy atom. The summed E-state index contributed by atoms with van der Waals surface area (Å²) >= 11 is 0. The lowest BCUT2D eigenvalue weighted by Gasteiger charge is -2.25. The molecule has 1 aliphatic heterocycles. The monoisotopic (exact) mass is 516 g/mol. The zero-order valence-corrected chi connectivity index (χ0v) is 20.3. The summed E-state index contributed by atoms with van der Waals surface area (Å²) in [7, 11) is 0. The number of guanidine groups is 1. The summed E-state index contributed by atoms with van der Waals surface area (Å²) in [5.41, 5.74) is 0. The molecule has 10 heteroatoms. The third kappa shape index (κ3) is 6.38. The van der Waals surface area contributed by atoms with E-state index >= 15 is 0 Å². The summed E-state index contributed by atoms with van der Waals surface area (Å²) in [6, 6.07) is 0.281. The number of hydrogen-bond donors (Lipinski definition) is 2. The third-order valence-electron chi connectivity index (χ3n) is 4.67. The number of fused-ring (bicyclic) bond motifs is 1. The molecule has 3 rings (SSSR count). The van der Waals surface area contributed by atoms with Crippen LogP contribution in [0, 0.1) is 0 Å². The van der Waals surface area contributed by atoms with E-state index in [1.54, 1.807) is 0 Å². The Labute approximate surface area is 189 Å². The molecule has 0 bridgehead atoms. The Bertz CT molecular complexity index is 798. The van der Waals surface area contributed by atoms with Crippen LogP contribution in [0.4, 0.5) is 0 Å². The van der Waals surface area contributed by atoms with Gasteiger partial charge in [0.1, 0.15) is 5.82 Å². The topological polar surface area (TPSA) is 106 Å². The Morgan fingerprint density at radius 2 is 1.97 bits per heavy atom. The molecule has 0 aliphatic carbocycles. The van der Waals surface area contributed by atoms with Gasteiger partial charge in [-0.05, 0) is 13.3 Å². The fourth-order valence-corrected chi connectivity index (χ4v) is 3.07. The van der Waals surface area contributed by atoms with E-state index in [2.05, 4.69) is 70.5 Å². The predicted octanol–water partition coefficient (Wildman–Crippen LogP) is 2.64. The standard InChI is InChI=1S/C19H32N8O.HI/c1-6-20-19(21-10-9-16-24-18(13(4)5)26-28-16)22-14-7-8-15-23-17(12(2)3)25-27(15)11-14;/h12-14H,6-11H2,1-5H3,(H2,20,21,22);1H. The molecule has 29 heavy (non-hydrogen) atoms. The first-order valence-electron chi connectivity index (χ1n) is 10.3. The number of nitrogens with one attached hydrogen (secondary N) is 2. The van der Waals surface area contributed by atoms with Crippen molar-refractivity contribution >= 4 is 29.9 Å². The van der Waals surface area contributed by atoms with Crippen LogP contribution in [0.5, 0.6) is 0 Å². The van der Waals surface area contributed by atoms with Gasteiger partial charge in [0.25, 0.3) is 0 Å². The van der Waals surface area contributed by atoms with Crippen molar-refractivity contribution in [3.05, 3.63) is 23.4 Å². The molecule has 3 heterocycles. The highest BCUT2D eigenvalue weighted by atomic mass is 127. The second-order valence-electron chi connectivity index (χ2n) is 7.81. The van der Waals surface area contributed by atoms with Crippen LogP contribution >= 0.6 is 24.0 Å². The van der Waals surface area contributed by atoms with Crippen molar-refractivity contribution in [2.45, 2.75) is 78.3 Å². The highest BCUT2D eigenvalue weighted by molar-refractivity contribution is 14.0. The largest absolute Gasteiger partial charge is 0.357 e. The molecular formula is C19H33IN8O. The average Bonchev–Trinajstić information content (AvgIpc) is 3.28. The number of hydrogen-bond acceptors (Lipinski definition) is 6. The lowest BCUT2D eigenvalue weighted by molar-refractivity contribution is 0.372. The van der Waals surface area contributed by atoms with Crippen molar-refractivity contribution in [3.63, 3.8) is 0 Å². The van der Waals surface area contributed by atoms with E-state index in [1.165, 1.54) is 0 Å². The van der Waals surface area contributed by atoms with Crippen LogP contribution in [-0.4, -0.2) is 50.0 Å². The lowest BCUT2D eigenvalue weighted by Crippen LogP contribution is -2.47. The maximum absolute atomic E-state index is 5.29. The highest BCUT2D eigenvalue weighted by Crippen LogP contribution is 2.17. The molecular weight excluding hydrogens is 483 g/mol. The molecule has 0 saturated heterocycles. The van der Waals surface area contributed by atoms with Crippen LogP contribution in [0.15, 0.2) is 9.52 Å². The van der Waals surface area contributed by atoms with E-state index in [-0.39, 0.29) is 35.9 Å². The highest BCUT2D eigenvalue weighted by Gasteiger charge is 2.23. The van der Waals surface area contributed by atoms with Crippen LogP contribution in [0.2, 0.25) is 0 Å². The summed E-state index contributed by atoms with van der Waals surface area (Å²) in [4.78, 5) is 13.7. The van der Waals surface area contributed by atoms with Gasteiger partial charge in [0.2, 0.25) is 5.89 Å². The van der Waals surface area contributed by atoms with Crippen LogP contribution in [0.1, 0.15) is 76.2 Å². The quantitative estimate of drug-likeness (QED) is 0.331. The Morgan fingerprint density at radius 3 is 2.62 bits per heavy atom.